The first-order valence-electron chi connectivity index (χ1n) is 16.5. The van der Waals surface area contributed by atoms with Crippen LogP contribution in [0.25, 0.3) is 0 Å². The van der Waals surface area contributed by atoms with Crippen LogP contribution in [-0.4, -0.2) is 77.3 Å². The molecule has 0 spiro atoms. The molecule has 0 N–H and O–H groups in total. The van der Waals surface area contributed by atoms with Gasteiger partial charge in [-0.15, -0.1) is 0 Å². The van der Waals surface area contributed by atoms with Gasteiger partial charge in [0.25, 0.3) is 0 Å². The Bertz CT molecular complexity index is 799. The van der Waals surface area contributed by atoms with Crippen LogP contribution in [0.15, 0.2) is 23.8 Å². The van der Waals surface area contributed by atoms with Gasteiger partial charge in [0, 0.05) is 0 Å². The number of rotatable bonds is 19. The van der Waals surface area contributed by atoms with Gasteiger partial charge < -0.3 is 4.55 Å². The van der Waals surface area contributed by atoms with Gasteiger partial charge in [0.05, 0.1) is 44.0 Å². The van der Waals surface area contributed by atoms with Crippen molar-refractivity contribution in [3.8, 4) is 0 Å². The number of hydrogen-bond acceptors (Lipinski definition) is 3. The molecule has 1 aliphatic carbocycles. The van der Waals surface area contributed by atoms with Gasteiger partial charge >= 0.3 is 5.96 Å². The van der Waals surface area contributed by atoms with Gasteiger partial charge in [0.2, 0.25) is 0 Å². The van der Waals surface area contributed by atoms with E-state index in [2.05, 4.69) is 55.9 Å². The second kappa shape index (κ2) is 22.3. The van der Waals surface area contributed by atoms with Gasteiger partial charge in [-0.05, 0) is 59.8 Å². The van der Waals surface area contributed by atoms with Gasteiger partial charge in [-0.2, -0.15) is 0 Å². The summed E-state index contributed by atoms with van der Waals surface area (Å²) in [6.45, 7) is 24.4. The lowest BCUT2D eigenvalue weighted by Crippen LogP contribution is -2.51. The summed E-state index contributed by atoms with van der Waals surface area (Å²) in [5, 5.41) is 0. The fraction of sp³-hybridized carbons (Fsp3) is 0.848. The second-order valence-electron chi connectivity index (χ2n) is 11.5. The fourth-order valence-corrected chi connectivity index (χ4v) is 5.46. The first kappa shape index (κ1) is 38.7. The van der Waals surface area contributed by atoms with Crippen molar-refractivity contribution >= 4 is 16.1 Å². The fourth-order valence-electron chi connectivity index (χ4n) is 4.93. The largest absolute Gasteiger partial charge is 0.747 e. The maximum atomic E-state index is 10.8. The van der Waals surface area contributed by atoms with Crippen molar-refractivity contribution in [1.29, 1.82) is 0 Å². The lowest BCUT2D eigenvalue weighted by atomic mass is 9.98. The van der Waals surface area contributed by atoms with E-state index in [9.17, 15) is 13.0 Å². The molecule has 1 aliphatic rings. The van der Waals surface area contributed by atoms with Crippen LogP contribution in [0.3, 0.4) is 0 Å². The zero-order valence-corrected chi connectivity index (χ0v) is 28.5. The van der Waals surface area contributed by atoms with Crippen LogP contribution in [0, 0.1) is 0 Å². The van der Waals surface area contributed by atoms with Crippen LogP contribution < -0.4 is 0 Å². The van der Waals surface area contributed by atoms with E-state index in [-0.39, 0.29) is 6.42 Å². The number of hydrogen-bond donors (Lipinski definition) is 0. The van der Waals surface area contributed by atoms with Crippen LogP contribution in [-0.2, 0) is 10.1 Å². The predicted molar refractivity (Wildman–Crippen MR) is 173 cm³/mol. The molecule has 236 valence electrons. The predicted octanol–water partition coefficient (Wildman–Crippen LogP) is 7.96. The molecule has 0 bridgehead atoms. The quantitative estimate of drug-likeness (QED) is 0.0507. The Morgan fingerprint density at radius 1 is 0.775 bits per heavy atom. The van der Waals surface area contributed by atoms with Gasteiger partial charge in [-0.1, -0.05) is 103 Å². The molecule has 0 saturated heterocycles. The topological polar surface area (TPSA) is 66.7 Å². The molecule has 0 amide bonds. The molecular weight excluding hydrogens is 518 g/mol. The lowest BCUT2D eigenvalue weighted by molar-refractivity contribution is -0.531. The minimum absolute atomic E-state index is 0.279. The molecule has 0 aliphatic heterocycles. The van der Waals surface area contributed by atoms with E-state index in [0.29, 0.717) is 0 Å². The molecule has 0 fully saturated rings. The SMILES string of the molecule is CC1=CCC(C)(S(=O)(=O)[O-])C=C1.CCCCCN(CCCCC)C(N(CCCCC)CCCCC)=[N+](CC)CC. The maximum absolute atomic E-state index is 10.8. The van der Waals surface area contributed by atoms with Crippen LogP contribution in [0.1, 0.15) is 139 Å². The molecule has 0 aromatic carbocycles. The summed E-state index contributed by atoms with van der Waals surface area (Å²) in [5.74, 6) is 1.55. The minimum Gasteiger partial charge on any atom is -0.747 e. The Balaban J connectivity index is 0.00000104. The number of allylic oxidation sites excluding steroid dienone is 3. The molecule has 1 unspecified atom stereocenters. The normalized spacial score (nSPS) is 16.7. The highest BCUT2D eigenvalue weighted by molar-refractivity contribution is 7.87. The highest BCUT2D eigenvalue weighted by atomic mass is 32.2. The smallest absolute Gasteiger partial charge is 0.350 e. The molecule has 0 saturated carbocycles. The Hall–Kier alpha value is -1.34. The lowest BCUT2D eigenvalue weighted by Gasteiger charge is -2.31. The highest BCUT2D eigenvalue weighted by Crippen LogP contribution is 2.27. The van der Waals surface area contributed by atoms with Crippen molar-refractivity contribution in [2.75, 3.05) is 39.3 Å². The first-order chi connectivity index (χ1) is 19.0. The Kier molecular flexibility index (Phi) is 21.5. The summed E-state index contributed by atoms with van der Waals surface area (Å²) in [7, 11) is -4.23. The molecule has 0 aromatic heterocycles. The van der Waals surface area contributed by atoms with Crippen molar-refractivity contribution in [3.05, 3.63) is 23.8 Å². The number of guanidine groups is 1. The molecule has 40 heavy (non-hydrogen) atoms. The molecule has 6 nitrogen and oxygen atoms in total. The second-order valence-corrected chi connectivity index (χ2v) is 13.4. The summed E-state index contributed by atoms with van der Waals surface area (Å²) in [6.07, 6.45) is 21.1. The standard InChI is InChI=1S/C25H54N3.C8H12O3S/c1-7-13-17-21-27(22-18-14-8-2)25(26(11-5)12-6)28(23-19-15-9-3)24-20-16-10-4;1-7-3-5-8(2,6-4-7)12(9,10)11/h7-24H2,1-6H3;3-5H,6H2,1-2H3,(H,9,10,11)/q+1;/p-1. The van der Waals surface area contributed by atoms with Crippen LogP contribution >= 0.6 is 0 Å². The zero-order chi connectivity index (χ0) is 30.4. The van der Waals surface area contributed by atoms with E-state index in [4.69, 9.17) is 0 Å². The van der Waals surface area contributed by atoms with Crippen LogP contribution in [0.4, 0.5) is 0 Å². The summed E-state index contributed by atoms with van der Waals surface area (Å²) in [4.78, 5) is 5.52. The van der Waals surface area contributed by atoms with Crippen molar-refractivity contribution in [3.63, 3.8) is 0 Å². The van der Waals surface area contributed by atoms with E-state index in [1.165, 1.54) is 116 Å². The van der Waals surface area contributed by atoms with E-state index in [0.717, 1.165) is 18.7 Å². The third kappa shape index (κ3) is 15.0. The summed E-state index contributed by atoms with van der Waals surface area (Å²) in [6, 6.07) is 0. The van der Waals surface area contributed by atoms with Crippen LogP contribution in [0.5, 0.6) is 0 Å². The van der Waals surface area contributed by atoms with E-state index in [1.807, 2.05) is 6.92 Å². The highest BCUT2D eigenvalue weighted by Gasteiger charge is 2.29. The van der Waals surface area contributed by atoms with Crippen LogP contribution in [0.2, 0.25) is 0 Å². The Morgan fingerprint density at radius 2 is 1.15 bits per heavy atom. The Labute approximate surface area is 249 Å². The average molecular weight is 584 g/mol. The molecule has 1 atom stereocenters. The number of nitrogens with zero attached hydrogens (tertiary/aromatic N) is 3. The molecular formula is C33H65N3O3S. The first-order valence-corrected chi connectivity index (χ1v) is 17.9. The molecule has 0 radical (unpaired) electrons. The average Bonchev–Trinajstić information content (AvgIpc) is 2.92. The van der Waals surface area contributed by atoms with E-state index in [1.54, 1.807) is 18.1 Å². The van der Waals surface area contributed by atoms with Crippen molar-refractivity contribution in [1.82, 2.24) is 9.80 Å². The van der Waals surface area contributed by atoms with Crippen molar-refractivity contribution < 1.29 is 17.5 Å². The van der Waals surface area contributed by atoms with Gasteiger partial charge in [-0.3, -0.25) is 14.4 Å². The van der Waals surface area contributed by atoms with Gasteiger partial charge in [0.1, 0.15) is 10.1 Å². The summed E-state index contributed by atoms with van der Waals surface area (Å²) >= 11 is 0. The maximum Gasteiger partial charge on any atom is 0.350 e. The Morgan fingerprint density at radius 3 is 1.40 bits per heavy atom. The third-order valence-corrected chi connectivity index (χ3v) is 9.28. The van der Waals surface area contributed by atoms with Crippen molar-refractivity contribution in [2.45, 2.75) is 144 Å². The minimum atomic E-state index is -4.23. The van der Waals surface area contributed by atoms with Gasteiger partial charge in [-0.25, -0.2) is 8.42 Å². The van der Waals surface area contributed by atoms with E-state index >= 15 is 0 Å². The zero-order valence-electron chi connectivity index (χ0n) is 27.6. The molecule has 0 aromatic rings. The van der Waals surface area contributed by atoms with E-state index < -0.39 is 14.9 Å². The molecule has 1 rings (SSSR count). The number of unbranched alkanes of at least 4 members (excludes halogenated alkanes) is 8. The molecule has 7 heteroatoms. The van der Waals surface area contributed by atoms with Crippen molar-refractivity contribution in [2.24, 2.45) is 0 Å². The summed E-state index contributed by atoms with van der Waals surface area (Å²) < 4.78 is 33.7. The summed E-state index contributed by atoms with van der Waals surface area (Å²) in [5.41, 5.74) is 0.996. The third-order valence-electron chi connectivity index (χ3n) is 7.84. The molecule has 0 heterocycles. The monoisotopic (exact) mass is 583 g/mol. The van der Waals surface area contributed by atoms with Gasteiger partial charge in [0.15, 0.2) is 0 Å².